The van der Waals surface area contributed by atoms with E-state index in [2.05, 4.69) is 10.1 Å². The first-order valence-electron chi connectivity index (χ1n) is 3.89. The second-order valence-electron chi connectivity index (χ2n) is 2.77. The molecular formula is C7H5N5O3. The van der Waals surface area contributed by atoms with E-state index in [9.17, 15) is 15.3 Å². The number of nitrogens with zero attached hydrogens (tertiary/aromatic N) is 4. The molecule has 0 saturated heterocycles. The molecule has 2 aromatic rings. The van der Waals surface area contributed by atoms with Crippen molar-refractivity contribution in [1.82, 2.24) is 10.1 Å². The van der Waals surface area contributed by atoms with E-state index >= 15 is 0 Å². The average molecular weight is 207 g/mol. The van der Waals surface area contributed by atoms with Crippen LogP contribution in [0.1, 0.15) is 0 Å². The number of benzene rings is 1. The summed E-state index contributed by atoms with van der Waals surface area (Å²) in [6, 6.07) is 3.69. The van der Waals surface area contributed by atoms with Crippen LogP contribution in [0.2, 0.25) is 0 Å². The second kappa shape index (κ2) is 3.01. The second-order valence-corrected chi connectivity index (χ2v) is 2.77. The van der Waals surface area contributed by atoms with Crippen LogP contribution in [-0.4, -0.2) is 15.0 Å². The van der Waals surface area contributed by atoms with Gasteiger partial charge in [-0.15, -0.1) is 0 Å². The summed E-state index contributed by atoms with van der Waals surface area (Å²) in [6.07, 6.45) is 0. The fraction of sp³-hybridized carbons (Fsp3) is 0. The summed E-state index contributed by atoms with van der Waals surface area (Å²) in [5.41, 5.74) is 5.33. The lowest BCUT2D eigenvalue weighted by Gasteiger charge is -1.98. The van der Waals surface area contributed by atoms with Gasteiger partial charge in [-0.1, -0.05) is 0 Å². The Hall–Kier alpha value is -2.51. The molecule has 15 heavy (non-hydrogen) atoms. The molecule has 0 atom stereocenters. The number of non-ortho nitro benzene ring substituents is 1. The van der Waals surface area contributed by atoms with Gasteiger partial charge in [-0.05, 0) is 10.9 Å². The molecule has 0 aliphatic carbocycles. The molecule has 8 nitrogen and oxygen atoms in total. The van der Waals surface area contributed by atoms with Crippen LogP contribution in [0.4, 0.5) is 11.6 Å². The third kappa shape index (κ3) is 1.47. The lowest BCUT2D eigenvalue weighted by Crippen LogP contribution is -2.33. The third-order valence-corrected chi connectivity index (χ3v) is 1.80. The Morgan fingerprint density at radius 1 is 1.47 bits per heavy atom. The maximum absolute atomic E-state index is 11.2. The molecule has 1 aromatic carbocycles. The molecular weight excluding hydrogens is 202 g/mol. The van der Waals surface area contributed by atoms with Crippen molar-refractivity contribution < 1.29 is 9.77 Å². The molecule has 0 aliphatic rings. The number of aromatic nitrogens is 3. The van der Waals surface area contributed by atoms with Gasteiger partial charge in [-0.3, -0.25) is 10.1 Å². The summed E-state index contributed by atoms with van der Waals surface area (Å²) < 4.78 is 0. The molecule has 0 amide bonds. The van der Waals surface area contributed by atoms with E-state index in [0.717, 1.165) is 6.07 Å². The van der Waals surface area contributed by atoms with E-state index in [1.165, 1.54) is 12.1 Å². The predicted octanol–water partition coefficient (Wildman–Crippen LogP) is -0.246. The highest BCUT2D eigenvalue weighted by Crippen LogP contribution is 2.16. The van der Waals surface area contributed by atoms with E-state index in [0.29, 0.717) is 0 Å². The number of rotatable bonds is 1. The van der Waals surface area contributed by atoms with Gasteiger partial charge in [0.2, 0.25) is 0 Å². The van der Waals surface area contributed by atoms with E-state index in [1.807, 2.05) is 0 Å². The predicted molar refractivity (Wildman–Crippen MR) is 49.6 cm³/mol. The molecule has 2 N–H and O–H groups in total. The average Bonchev–Trinajstić information content (AvgIpc) is 2.16. The van der Waals surface area contributed by atoms with Crippen LogP contribution >= 0.6 is 0 Å². The minimum absolute atomic E-state index is 0.0124. The molecule has 2 rings (SSSR count). The van der Waals surface area contributed by atoms with Crippen LogP contribution < -0.4 is 10.6 Å². The number of anilines is 1. The van der Waals surface area contributed by atoms with Crippen LogP contribution in [0.3, 0.4) is 0 Å². The number of fused-ring (bicyclic) bond motifs is 1. The Labute approximate surface area is 82.7 Å². The van der Waals surface area contributed by atoms with Crippen LogP contribution in [0.5, 0.6) is 0 Å². The number of hydrogen-bond acceptors (Lipinski definition) is 6. The number of nitro benzene ring substituents is 1. The number of nitro groups is 1. The Morgan fingerprint density at radius 3 is 2.87 bits per heavy atom. The third-order valence-electron chi connectivity index (χ3n) is 1.80. The van der Waals surface area contributed by atoms with Crippen LogP contribution in [0.25, 0.3) is 11.0 Å². The van der Waals surface area contributed by atoms with E-state index in [1.54, 1.807) is 0 Å². The number of nitrogens with two attached hydrogens (primary N) is 1. The zero-order valence-corrected chi connectivity index (χ0v) is 7.32. The molecule has 1 aromatic heterocycles. The van der Waals surface area contributed by atoms with Crippen molar-refractivity contribution in [2.45, 2.75) is 0 Å². The quantitative estimate of drug-likeness (QED) is 0.298. The van der Waals surface area contributed by atoms with Gasteiger partial charge in [0, 0.05) is 6.07 Å². The van der Waals surface area contributed by atoms with Crippen molar-refractivity contribution in [2.24, 2.45) is 0 Å². The van der Waals surface area contributed by atoms with Gasteiger partial charge in [0.15, 0.2) is 0 Å². The molecule has 8 heteroatoms. The molecule has 0 bridgehead atoms. The smallest absolute Gasteiger partial charge is 0.288 e. The largest absolute Gasteiger partial charge is 0.594 e. The highest BCUT2D eigenvalue weighted by molar-refractivity contribution is 5.74. The van der Waals surface area contributed by atoms with E-state index < -0.39 is 4.92 Å². The lowest BCUT2D eigenvalue weighted by atomic mass is 10.3. The van der Waals surface area contributed by atoms with Gasteiger partial charge >= 0.3 is 0 Å². The van der Waals surface area contributed by atoms with E-state index in [4.69, 9.17) is 5.73 Å². The molecule has 0 unspecified atom stereocenters. The first-order chi connectivity index (χ1) is 7.08. The molecule has 0 aliphatic heterocycles. The molecule has 0 radical (unpaired) electrons. The Kier molecular flexibility index (Phi) is 1.82. The molecule has 1 heterocycles. The van der Waals surface area contributed by atoms with Crippen molar-refractivity contribution in [2.75, 3.05) is 5.73 Å². The fourth-order valence-corrected chi connectivity index (χ4v) is 1.17. The molecule has 0 spiro atoms. The summed E-state index contributed by atoms with van der Waals surface area (Å²) in [4.78, 5) is 13.8. The summed E-state index contributed by atoms with van der Waals surface area (Å²) in [5, 5.41) is 25.0. The maximum Gasteiger partial charge on any atom is 0.288 e. The Morgan fingerprint density at radius 2 is 2.20 bits per heavy atom. The zero-order valence-electron chi connectivity index (χ0n) is 7.32. The van der Waals surface area contributed by atoms with Gasteiger partial charge in [0.25, 0.3) is 17.2 Å². The van der Waals surface area contributed by atoms with Gasteiger partial charge in [0.1, 0.15) is 5.52 Å². The van der Waals surface area contributed by atoms with Crippen molar-refractivity contribution >= 4 is 22.7 Å². The van der Waals surface area contributed by atoms with Crippen LogP contribution in [0, 0.1) is 15.3 Å². The maximum atomic E-state index is 11.2. The molecule has 76 valence electrons. The highest BCUT2D eigenvalue weighted by atomic mass is 16.6. The lowest BCUT2D eigenvalue weighted by molar-refractivity contribution is -0.641. The van der Waals surface area contributed by atoms with Crippen molar-refractivity contribution in [3.05, 3.63) is 33.5 Å². The minimum atomic E-state index is -0.601. The van der Waals surface area contributed by atoms with E-state index in [-0.39, 0.29) is 27.5 Å². The normalized spacial score (nSPS) is 10.4. The van der Waals surface area contributed by atoms with Crippen molar-refractivity contribution in [1.29, 1.82) is 0 Å². The first kappa shape index (κ1) is 9.06. The van der Waals surface area contributed by atoms with Crippen molar-refractivity contribution in [3.8, 4) is 0 Å². The number of hydrogen-bond donors (Lipinski definition) is 1. The van der Waals surface area contributed by atoms with Gasteiger partial charge in [0.05, 0.1) is 16.1 Å². The summed E-state index contributed by atoms with van der Waals surface area (Å²) in [5.74, 6) is -0.175. The van der Waals surface area contributed by atoms with Crippen LogP contribution in [-0.2, 0) is 0 Å². The van der Waals surface area contributed by atoms with Gasteiger partial charge < -0.3 is 10.9 Å². The number of nitrogen functional groups attached to an aromatic ring is 1. The SMILES string of the molecule is Nc1nc2ccc([N+](=O)[O-])cc2[n+]([O-])n1. The minimum Gasteiger partial charge on any atom is -0.594 e. The summed E-state index contributed by atoms with van der Waals surface area (Å²) >= 11 is 0. The molecule has 0 saturated carbocycles. The highest BCUT2D eigenvalue weighted by Gasteiger charge is 2.14. The summed E-state index contributed by atoms with van der Waals surface area (Å²) in [7, 11) is 0. The van der Waals surface area contributed by atoms with Crippen LogP contribution in [0.15, 0.2) is 18.2 Å². The standard InChI is InChI=1S/C7H5N5O3/c8-7-9-5-2-1-4(12(14)15)3-6(5)11(13)10-7/h1-3H,(H2,8,9,10). The zero-order chi connectivity index (χ0) is 11.0. The van der Waals surface area contributed by atoms with Gasteiger partial charge in [-0.25, -0.2) is 4.98 Å². The first-order valence-corrected chi connectivity index (χ1v) is 3.89. The molecule has 0 fully saturated rings. The monoisotopic (exact) mass is 207 g/mol. The fourth-order valence-electron chi connectivity index (χ4n) is 1.17. The topological polar surface area (TPSA) is 122 Å². The Balaban J connectivity index is 2.76. The Bertz CT molecular complexity index is 556. The summed E-state index contributed by atoms with van der Waals surface area (Å²) in [6.45, 7) is 0. The van der Waals surface area contributed by atoms with Crippen molar-refractivity contribution in [3.63, 3.8) is 0 Å². The van der Waals surface area contributed by atoms with Gasteiger partial charge in [-0.2, -0.15) is 0 Å².